The Kier molecular flexibility index (Phi) is 5.84. The number of ether oxygens (including phenoxy) is 2. The first-order valence-corrected chi connectivity index (χ1v) is 9.56. The van der Waals surface area contributed by atoms with E-state index in [1.54, 1.807) is 13.8 Å². The van der Waals surface area contributed by atoms with Crippen LogP contribution in [0.1, 0.15) is 42.2 Å². The molecule has 7 nitrogen and oxygen atoms in total. The summed E-state index contributed by atoms with van der Waals surface area (Å²) in [6.07, 6.45) is 0.529. The van der Waals surface area contributed by atoms with Crippen LogP contribution in [0.5, 0.6) is 0 Å². The minimum Gasteiger partial charge on any atom is -0.469 e. The molecule has 1 aliphatic rings. The quantitative estimate of drug-likeness (QED) is 0.785. The summed E-state index contributed by atoms with van der Waals surface area (Å²) in [7, 11) is -1.04. The Balaban J connectivity index is 2.63. The van der Waals surface area contributed by atoms with Crippen molar-refractivity contribution in [2.75, 3.05) is 20.8 Å². The van der Waals surface area contributed by atoms with Gasteiger partial charge in [0, 0.05) is 6.04 Å². The van der Waals surface area contributed by atoms with E-state index in [4.69, 9.17) is 9.47 Å². The Morgan fingerprint density at radius 1 is 1.20 bits per heavy atom. The number of carbonyl (C=O) groups is 2. The number of nitrogens with one attached hydrogen (secondary N) is 1. The Morgan fingerprint density at radius 3 is 2.44 bits per heavy atom. The van der Waals surface area contributed by atoms with Gasteiger partial charge in [0.15, 0.2) is 9.84 Å². The van der Waals surface area contributed by atoms with Gasteiger partial charge in [-0.3, -0.25) is 4.79 Å². The second-order valence-corrected chi connectivity index (χ2v) is 8.66. The van der Waals surface area contributed by atoms with E-state index < -0.39 is 39.0 Å². The molecule has 0 aliphatic carbocycles. The molecule has 0 unspecified atom stereocenters. The summed E-state index contributed by atoms with van der Waals surface area (Å²) in [6.45, 7) is 3.73. The maximum atomic E-state index is 12.7. The lowest BCUT2D eigenvalue weighted by Crippen LogP contribution is -2.27. The van der Waals surface area contributed by atoms with E-state index in [-0.39, 0.29) is 10.5 Å². The van der Waals surface area contributed by atoms with Crippen molar-refractivity contribution in [3.8, 4) is 0 Å². The molecule has 0 amide bonds. The Labute approximate surface area is 147 Å². The van der Waals surface area contributed by atoms with Crippen LogP contribution in [-0.2, 0) is 24.1 Å². The van der Waals surface area contributed by atoms with Gasteiger partial charge in [0.25, 0.3) is 0 Å². The molecular formula is C17H23NO6S. The fraction of sp³-hybridized carbons (Fsp3) is 0.529. The smallest absolute Gasteiger partial charge is 0.337 e. The first-order chi connectivity index (χ1) is 11.7. The minimum absolute atomic E-state index is 0.114. The number of hydrogen-bond donors (Lipinski definition) is 1. The maximum absolute atomic E-state index is 12.7. The van der Waals surface area contributed by atoms with Crippen molar-refractivity contribution >= 4 is 21.8 Å². The third kappa shape index (κ3) is 3.69. The van der Waals surface area contributed by atoms with Gasteiger partial charge in [-0.15, -0.1) is 0 Å². The van der Waals surface area contributed by atoms with Crippen LogP contribution in [-0.4, -0.2) is 46.4 Å². The number of rotatable bonds is 5. The van der Waals surface area contributed by atoms with Crippen molar-refractivity contribution in [2.24, 2.45) is 5.92 Å². The van der Waals surface area contributed by atoms with Crippen LogP contribution in [0.4, 0.5) is 0 Å². The molecule has 138 valence electrons. The first kappa shape index (κ1) is 19.4. The van der Waals surface area contributed by atoms with E-state index in [9.17, 15) is 18.0 Å². The van der Waals surface area contributed by atoms with Crippen molar-refractivity contribution in [3.63, 3.8) is 0 Å². The maximum Gasteiger partial charge on any atom is 0.337 e. The van der Waals surface area contributed by atoms with Crippen molar-refractivity contribution in [1.82, 2.24) is 5.32 Å². The second-order valence-electron chi connectivity index (χ2n) is 6.19. The summed E-state index contributed by atoms with van der Waals surface area (Å²) in [5, 5.41) is 2.53. The molecule has 0 bridgehead atoms. The number of methoxy groups -OCH3 is 2. The van der Waals surface area contributed by atoms with E-state index >= 15 is 0 Å². The monoisotopic (exact) mass is 369 g/mol. The zero-order valence-electron chi connectivity index (χ0n) is 14.7. The predicted molar refractivity (Wildman–Crippen MR) is 91.0 cm³/mol. The van der Waals surface area contributed by atoms with E-state index in [0.29, 0.717) is 18.5 Å². The third-order valence-corrected chi connectivity index (χ3v) is 6.65. The van der Waals surface area contributed by atoms with Crippen molar-refractivity contribution < 1.29 is 27.5 Å². The van der Waals surface area contributed by atoms with Crippen LogP contribution < -0.4 is 5.32 Å². The average Bonchev–Trinajstić information content (AvgIpc) is 3.09. The van der Waals surface area contributed by atoms with Crippen LogP contribution in [0.3, 0.4) is 0 Å². The molecule has 1 aromatic carbocycles. The second kappa shape index (κ2) is 7.53. The van der Waals surface area contributed by atoms with Gasteiger partial charge in [-0.2, -0.15) is 0 Å². The molecule has 1 heterocycles. The molecule has 2 rings (SSSR count). The summed E-state index contributed by atoms with van der Waals surface area (Å²) < 4.78 is 35.1. The van der Waals surface area contributed by atoms with Gasteiger partial charge in [-0.25, -0.2) is 13.2 Å². The SMILES string of the molecule is COC(=O)c1ccc(S(=O)(=O)C(C)C)c([C@@H]2NCC[C@@H]2C(=O)OC)c1. The highest BCUT2D eigenvalue weighted by molar-refractivity contribution is 7.92. The van der Waals surface area contributed by atoms with Gasteiger partial charge in [0.2, 0.25) is 0 Å². The van der Waals surface area contributed by atoms with Gasteiger partial charge in [-0.1, -0.05) is 0 Å². The molecule has 0 radical (unpaired) electrons. The van der Waals surface area contributed by atoms with Crippen LogP contribution in [0, 0.1) is 5.92 Å². The summed E-state index contributed by atoms with van der Waals surface area (Å²) in [4.78, 5) is 24.0. The van der Waals surface area contributed by atoms with Crippen LogP contribution in [0.2, 0.25) is 0 Å². The van der Waals surface area contributed by atoms with E-state index in [0.717, 1.165) is 0 Å². The number of benzene rings is 1. The van der Waals surface area contributed by atoms with Crippen molar-refractivity contribution in [1.29, 1.82) is 0 Å². The zero-order chi connectivity index (χ0) is 18.8. The van der Waals surface area contributed by atoms with E-state index in [1.807, 2.05) is 0 Å². The molecule has 0 aromatic heterocycles. The summed E-state index contributed by atoms with van der Waals surface area (Å²) in [5.41, 5.74) is 0.627. The highest BCUT2D eigenvalue weighted by Crippen LogP contribution is 2.36. The zero-order valence-corrected chi connectivity index (χ0v) is 15.6. The van der Waals surface area contributed by atoms with Crippen molar-refractivity contribution in [2.45, 2.75) is 36.5 Å². The molecule has 0 saturated carbocycles. The summed E-state index contributed by atoms with van der Waals surface area (Å²) >= 11 is 0. The molecule has 1 fully saturated rings. The Morgan fingerprint density at radius 2 is 1.88 bits per heavy atom. The minimum atomic E-state index is -3.59. The highest BCUT2D eigenvalue weighted by atomic mass is 32.2. The van der Waals surface area contributed by atoms with Gasteiger partial charge < -0.3 is 14.8 Å². The molecule has 1 aliphatic heterocycles. The normalized spacial score (nSPS) is 20.5. The number of carbonyl (C=O) groups excluding carboxylic acids is 2. The number of hydrogen-bond acceptors (Lipinski definition) is 7. The van der Waals surface area contributed by atoms with Gasteiger partial charge in [0.1, 0.15) is 0 Å². The lowest BCUT2D eigenvalue weighted by molar-refractivity contribution is -0.145. The fourth-order valence-electron chi connectivity index (χ4n) is 2.98. The lowest BCUT2D eigenvalue weighted by atomic mass is 9.93. The van der Waals surface area contributed by atoms with Gasteiger partial charge in [0.05, 0.1) is 35.8 Å². The summed E-state index contributed by atoms with van der Waals surface area (Å²) in [6, 6.07) is 3.78. The number of esters is 2. The van der Waals surface area contributed by atoms with Crippen LogP contribution >= 0.6 is 0 Å². The molecule has 8 heteroatoms. The van der Waals surface area contributed by atoms with Crippen LogP contribution in [0.25, 0.3) is 0 Å². The molecule has 2 atom stereocenters. The standard InChI is InChI=1S/C17H23NO6S/c1-10(2)25(21,22)14-6-5-11(16(19)23-3)9-13(14)15-12(7-8-18-15)17(20)24-4/h5-6,9-10,12,15,18H,7-8H2,1-4H3/t12-,15+/m0/s1. The number of sulfone groups is 1. The van der Waals surface area contributed by atoms with Gasteiger partial charge >= 0.3 is 11.9 Å². The summed E-state index contributed by atoms with van der Waals surface area (Å²) in [5.74, 6) is -1.49. The topological polar surface area (TPSA) is 98.8 Å². The predicted octanol–water partition coefficient (Wildman–Crippen LogP) is 1.48. The molecule has 25 heavy (non-hydrogen) atoms. The highest BCUT2D eigenvalue weighted by Gasteiger charge is 2.38. The van der Waals surface area contributed by atoms with Gasteiger partial charge in [-0.05, 0) is 50.6 Å². The Hall–Kier alpha value is -1.93. The van der Waals surface area contributed by atoms with E-state index in [2.05, 4.69) is 5.32 Å². The molecule has 1 aromatic rings. The lowest BCUT2D eigenvalue weighted by Gasteiger charge is -2.22. The third-order valence-electron chi connectivity index (χ3n) is 4.42. The van der Waals surface area contributed by atoms with Crippen molar-refractivity contribution in [3.05, 3.63) is 29.3 Å². The largest absolute Gasteiger partial charge is 0.469 e. The average molecular weight is 369 g/mol. The first-order valence-electron chi connectivity index (χ1n) is 8.01. The molecular weight excluding hydrogens is 346 g/mol. The van der Waals surface area contributed by atoms with E-state index in [1.165, 1.54) is 32.4 Å². The molecule has 1 saturated heterocycles. The Bertz CT molecular complexity index is 771. The van der Waals surface area contributed by atoms with Crippen LogP contribution in [0.15, 0.2) is 23.1 Å². The molecule has 1 N–H and O–H groups in total. The fourth-order valence-corrected chi connectivity index (χ4v) is 4.26. The molecule has 0 spiro atoms.